The van der Waals surface area contributed by atoms with E-state index in [1.54, 1.807) is 24.5 Å². The smallest absolute Gasteiger partial charge is 0.110 e. The van der Waals surface area contributed by atoms with Crippen molar-refractivity contribution >= 4 is 17.0 Å². The standard InChI is InChI=1S/C10H7N3S/c11-5-7-1-2-10(14-7)8-6-13-4-3-9(8)12/h1-4,6H,(H2,12,13). The second-order valence-electron chi connectivity index (χ2n) is 2.74. The minimum atomic E-state index is 0.684. The first kappa shape index (κ1) is 8.73. The van der Waals surface area contributed by atoms with Crippen LogP contribution in [0.25, 0.3) is 10.4 Å². The minimum Gasteiger partial charge on any atom is -0.398 e. The van der Waals surface area contributed by atoms with Crippen molar-refractivity contribution in [1.82, 2.24) is 4.98 Å². The van der Waals surface area contributed by atoms with Gasteiger partial charge in [-0.15, -0.1) is 11.3 Å². The van der Waals surface area contributed by atoms with Crippen LogP contribution in [0, 0.1) is 11.3 Å². The first-order chi connectivity index (χ1) is 6.81. The molecular weight excluding hydrogens is 194 g/mol. The lowest BCUT2D eigenvalue weighted by atomic mass is 10.2. The topological polar surface area (TPSA) is 62.7 Å². The van der Waals surface area contributed by atoms with Gasteiger partial charge < -0.3 is 5.73 Å². The SMILES string of the molecule is N#Cc1ccc(-c2cnccc2N)s1. The van der Waals surface area contributed by atoms with Crippen LogP contribution in [0.4, 0.5) is 5.69 Å². The van der Waals surface area contributed by atoms with Gasteiger partial charge in [0.2, 0.25) is 0 Å². The van der Waals surface area contributed by atoms with Crippen molar-refractivity contribution in [3.05, 3.63) is 35.5 Å². The molecule has 2 aromatic rings. The van der Waals surface area contributed by atoms with E-state index in [4.69, 9.17) is 11.0 Å². The van der Waals surface area contributed by atoms with Crippen LogP contribution in [-0.2, 0) is 0 Å². The Morgan fingerprint density at radius 2 is 2.21 bits per heavy atom. The van der Waals surface area contributed by atoms with Gasteiger partial charge in [0.25, 0.3) is 0 Å². The number of nitriles is 1. The van der Waals surface area contributed by atoms with Gasteiger partial charge in [-0.1, -0.05) is 0 Å². The summed E-state index contributed by atoms with van der Waals surface area (Å²) in [6.45, 7) is 0. The predicted octanol–water partition coefficient (Wildman–Crippen LogP) is 2.26. The average Bonchev–Trinajstić information content (AvgIpc) is 2.67. The molecule has 0 fully saturated rings. The van der Waals surface area contributed by atoms with Crippen LogP contribution in [-0.4, -0.2) is 4.98 Å². The zero-order chi connectivity index (χ0) is 9.97. The summed E-state index contributed by atoms with van der Waals surface area (Å²) in [4.78, 5) is 5.66. The predicted molar refractivity (Wildman–Crippen MR) is 56.7 cm³/mol. The fourth-order valence-electron chi connectivity index (χ4n) is 1.15. The van der Waals surface area contributed by atoms with Gasteiger partial charge in [0.1, 0.15) is 10.9 Å². The minimum absolute atomic E-state index is 0.684. The lowest BCUT2D eigenvalue weighted by Gasteiger charge is -1.99. The zero-order valence-electron chi connectivity index (χ0n) is 7.27. The Morgan fingerprint density at radius 1 is 1.36 bits per heavy atom. The second kappa shape index (κ2) is 3.48. The van der Waals surface area contributed by atoms with E-state index < -0.39 is 0 Å². The van der Waals surface area contributed by atoms with Gasteiger partial charge in [0, 0.05) is 28.5 Å². The summed E-state index contributed by atoms with van der Waals surface area (Å²) in [7, 11) is 0. The van der Waals surface area contributed by atoms with Gasteiger partial charge in [-0.3, -0.25) is 4.98 Å². The number of nitrogens with zero attached hydrogens (tertiary/aromatic N) is 2. The Hall–Kier alpha value is -1.86. The van der Waals surface area contributed by atoms with Crippen molar-refractivity contribution < 1.29 is 0 Å². The summed E-state index contributed by atoms with van der Waals surface area (Å²) < 4.78 is 0. The molecular formula is C10H7N3S. The van der Waals surface area contributed by atoms with E-state index >= 15 is 0 Å². The maximum absolute atomic E-state index is 8.68. The molecule has 0 aliphatic rings. The Kier molecular flexibility index (Phi) is 2.17. The number of anilines is 1. The number of aromatic nitrogens is 1. The van der Waals surface area contributed by atoms with Gasteiger partial charge in [0.15, 0.2) is 0 Å². The van der Waals surface area contributed by atoms with Crippen molar-refractivity contribution in [2.24, 2.45) is 0 Å². The molecule has 0 amide bonds. The van der Waals surface area contributed by atoms with Gasteiger partial charge in [-0.05, 0) is 18.2 Å². The van der Waals surface area contributed by atoms with Crippen LogP contribution in [0.2, 0.25) is 0 Å². The van der Waals surface area contributed by atoms with E-state index in [0.29, 0.717) is 10.6 Å². The molecule has 68 valence electrons. The molecule has 0 atom stereocenters. The van der Waals surface area contributed by atoms with Crippen molar-refractivity contribution in [1.29, 1.82) is 5.26 Å². The van der Waals surface area contributed by atoms with Crippen LogP contribution < -0.4 is 5.73 Å². The summed E-state index contributed by atoms with van der Waals surface area (Å²) in [5.41, 5.74) is 7.36. The van der Waals surface area contributed by atoms with Crippen LogP contribution in [0.5, 0.6) is 0 Å². The van der Waals surface area contributed by atoms with Crippen molar-refractivity contribution in [2.45, 2.75) is 0 Å². The molecule has 0 saturated heterocycles. The fourth-order valence-corrected chi connectivity index (χ4v) is 1.99. The molecule has 0 radical (unpaired) electrons. The molecule has 2 heterocycles. The van der Waals surface area contributed by atoms with Crippen molar-refractivity contribution in [2.75, 3.05) is 5.73 Å². The maximum Gasteiger partial charge on any atom is 0.110 e. The quantitative estimate of drug-likeness (QED) is 0.769. The molecule has 2 N–H and O–H groups in total. The van der Waals surface area contributed by atoms with Crippen molar-refractivity contribution in [3.63, 3.8) is 0 Å². The van der Waals surface area contributed by atoms with E-state index in [-0.39, 0.29) is 0 Å². The summed E-state index contributed by atoms with van der Waals surface area (Å²) in [5, 5.41) is 8.68. The zero-order valence-corrected chi connectivity index (χ0v) is 8.08. The molecule has 4 heteroatoms. The number of thiophene rings is 1. The highest BCUT2D eigenvalue weighted by atomic mass is 32.1. The molecule has 0 aliphatic heterocycles. The lowest BCUT2D eigenvalue weighted by molar-refractivity contribution is 1.34. The third-order valence-corrected chi connectivity index (χ3v) is 2.86. The van der Waals surface area contributed by atoms with E-state index in [9.17, 15) is 0 Å². The molecule has 0 saturated carbocycles. The number of nitrogen functional groups attached to an aromatic ring is 1. The van der Waals surface area contributed by atoms with E-state index in [1.165, 1.54) is 11.3 Å². The summed E-state index contributed by atoms with van der Waals surface area (Å²) in [6.07, 6.45) is 3.36. The molecule has 0 spiro atoms. The first-order valence-electron chi connectivity index (χ1n) is 4.01. The number of hydrogen-bond donors (Lipinski definition) is 1. The highest BCUT2D eigenvalue weighted by Crippen LogP contribution is 2.30. The first-order valence-corrected chi connectivity index (χ1v) is 4.82. The molecule has 2 rings (SSSR count). The number of hydrogen-bond acceptors (Lipinski definition) is 4. The van der Waals surface area contributed by atoms with Crippen LogP contribution in [0.1, 0.15) is 4.88 Å². The maximum atomic E-state index is 8.68. The van der Waals surface area contributed by atoms with Crippen LogP contribution in [0.15, 0.2) is 30.6 Å². The van der Waals surface area contributed by atoms with E-state index in [0.717, 1.165) is 10.4 Å². The van der Waals surface area contributed by atoms with Crippen LogP contribution in [0.3, 0.4) is 0 Å². The molecule has 3 nitrogen and oxygen atoms in total. The Balaban J connectivity index is 2.51. The van der Waals surface area contributed by atoms with Gasteiger partial charge in [-0.2, -0.15) is 5.26 Å². The van der Waals surface area contributed by atoms with E-state index in [2.05, 4.69) is 11.1 Å². The van der Waals surface area contributed by atoms with Crippen molar-refractivity contribution in [3.8, 4) is 16.5 Å². The highest BCUT2D eigenvalue weighted by molar-refractivity contribution is 7.16. The monoisotopic (exact) mass is 201 g/mol. The van der Waals surface area contributed by atoms with E-state index in [1.807, 2.05) is 6.07 Å². The summed E-state index contributed by atoms with van der Waals surface area (Å²) >= 11 is 1.42. The normalized spacial score (nSPS) is 9.64. The number of pyridine rings is 1. The molecule has 14 heavy (non-hydrogen) atoms. The van der Waals surface area contributed by atoms with Crippen LogP contribution >= 0.6 is 11.3 Å². The largest absolute Gasteiger partial charge is 0.398 e. The third kappa shape index (κ3) is 1.45. The van der Waals surface area contributed by atoms with Gasteiger partial charge >= 0.3 is 0 Å². The summed E-state index contributed by atoms with van der Waals surface area (Å²) in [5.74, 6) is 0. The van der Waals surface area contributed by atoms with Gasteiger partial charge in [0.05, 0.1) is 0 Å². The highest BCUT2D eigenvalue weighted by Gasteiger charge is 2.05. The Bertz CT molecular complexity index is 496. The molecule has 0 unspecified atom stereocenters. The average molecular weight is 201 g/mol. The molecule has 0 aliphatic carbocycles. The Labute approximate surface area is 85.4 Å². The Morgan fingerprint density at radius 3 is 2.86 bits per heavy atom. The third-order valence-electron chi connectivity index (χ3n) is 1.84. The number of rotatable bonds is 1. The molecule has 0 bridgehead atoms. The lowest BCUT2D eigenvalue weighted by Crippen LogP contribution is -1.88. The summed E-state index contributed by atoms with van der Waals surface area (Å²) in [6, 6.07) is 7.51. The molecule has 0 aromatic carbocycles. The fraction of sp³-hybridized carbons (Fsp3) is 0. The number of nitrogens with two attached hydrogens (primary N) is 1. The second-order valence-corrected chi connectivity index (χ2v) is 3.82. The molecule has 2 aromatic heterocycles. The van der Waals surface area contributed by atoms with Gasteiger partial charge in [-0.25, -0.2) is 0 Å².